The van der Waals surface area contributed by atoms with Gasteiger partial charge in [0, 0.05) is 29.5 Å². The highest BCUT2D eigenvalue weighted by atomic mass is 19.1. The maximum atomic E-state index is 14.0. The fourth-order valence-electron chi connectivity index (χ4n) is 4.15. The minimum absolute atomic E-state index is 0.0973. The van der Waals surface area contributed by atoms with Gasteiger partial charge in [0.2, 0.25) is 0 Å². The Morgan fingerprint density at radius 3 is 2.68 bits per heavy atom. The van der Waals surface area contributed by atoms with Gasteiger partial charge >= 0.3 is 0 Å². The fraction of sp³-hybridized carbons (Fsp3) is 0.450. The normalized spacial score (nSPS) is 20.9. The summed E-state index contributed by atoms with van der Waals surface area (Å²) in [4.78, 5) is 30.6. The molecule has 5 heteroatoms. The number of likely N-dealkylation sites (tertiary alicyclic amines) is 1. The lowest BCUT2D eigenvalue weighted by atomic mass is 9.61. The highest BCUT2D eigenvalue weighted by Gasteiger charge is 2.52. The number of carbonyl (C=O) groups excluding carboxylic acids is 2. The van der Waals surface area contributed by atoms with Crippen LogP contribution in [0.4, 0.5) is 4.39 Å². The van der Waals surface area contributed by atoms with Crippen LogP contribution in [0, 0.1) is 23.6 Å². The van der Waals surface area contributed by atoms with Crippen molar-refractivity contribution in [1.29, 1.82) is 0 Å². The van der Waals surface area contributed by atoms with Crippen LogP contribution in [0.5, 0.6) is 0 Å². The average Bonchev–Trinajstić information content (AvgIpc) is 2.51. The maximum Gasteiger partial charge on any atom is 0.256 e. The van der Waals surface area contributed by atoms with Crippen molar-refractivity contribution in [3.63, 3.8) is 0 Å². The van der Waals surface area contributed by atoms with E-state index in [1.165, 1.54) is 6.07 Å². The molecule has 0 saturated carbocycles. The number of nitrogens with zero attached hydrogens (tertiary/aromatic N) is 2. The number of Topliss-reactive ketones (excluding diaryl/α,β-unsaturated/α-hetero) is 1. The molecule has 1 aromatic rings. The van der Waals surface area contributed by atoms with Gasteiger partial charge < -0.3 is 4.90 Å². The zero-order chi connectivity index (χ0) is 18.4. The summed E-state index contributed by atoms with van der Waals surface area (Å²) in [6.45, 7) is 10.5. The van der Waals surface area contributed by atoms with E-state index < -0.39 is 11.2 Å². The van der Waals surface area contributed by atoms with E-state index in [0.29, 0.717) is 31.6 Å². The Morgan fingerprint density at radius 2 is 2.04 bits per heavy atom. The van der Waals surface area contributed by atoms with Crippen LogP contribution in [0.2, 0.25) is 0 Å². The lowest BCUT2D eigenvalue weighted by Gasteiger charge is -2.53. The molecule has 0 unspecified atom stereocenters. The molecule has 0 atom stereocenters. The molecule has 3 rings (SSSR count). The molecule has 1 spiro atoms. The number of ketones is 1. The predicted octanol–water partition coefficient (Wildman–Crippen LogP) is 3.20. The number of hydrogen-bond donors (Lipinski definition) is 0. The minimum Gasteiger partial charge on any atom is -0.337 e. The number of hydrogen-bond acceptors (Lipinski definition) is 3. The molecule has 1 heterocycles. The van der Waals surface area contributed by atoms with Gasteiger partial charge in [-0.05, 0) is 32.2 Å². The van der Waals surface area contributed by atoms with Crippen molar-refractivity contribution in [3.05, 3.63) is 46.8 Å². The summed E-state index contributed by atoms with van der Waals surface area (Å²) in [6, 6.07) is 4.56. The van der Waals surface area contributed by atoms with E-state index in [4.69, 9.17) is 0 Å². The van der Waals surface area contributed by atoms with Crippen LogP contribution >= 0.6 is 0 Å². The second-order valence-electron chi connectivity index (χ2n) is 7.95. The molecule has 0 bridgehead atoms. The van der Waals surface area contributed by atoms with Gasteiger partial charge in [0.05, 0.1) is 12.1 Å². The summed E-state index contributed by atoms with van der Waals surface area (Å²) in [6.07, 6.45) is 2.64. The van der Waals surface area contributed by atoms with Crippen molar-refractivity contribution < 1.29 is 14.0 Å². The first-order chi connectivity index (χ1) is 11.7. The van der Waals surface area contributed by atoms with E-state index >= 15 is 0 Å². The molecule has 2 aliphatic rings. The lowest BCUT2D eigenvalue weighted by Crippen LogP contribution is -2.61. The van der Waals surface area contributed by atoms with Crippen molar-refractivity contribution >= 4 is 18.4 Å². The molecule has 0 aromatic heterocycles. The van der Waals surface area contributed by atoms with Crippen LogP contribution in [0.15, 0.2) is 34.8 Å². The molecular weight excluding hydrogens is 319 g/mol. The molecule has 1 aromatic carbocycles. The second-order valence-corrected chi connectivity index (χ2v) is 7.95. The zero-order valence-electron chi connectivity index (χ0n) is 14.9. The number of rotatable bonds is 3. The highest BCUT2D eigenvalue weighted by Crippen LogP contribution is 2.48. The molecular formula is C20H23FN2O2. The molecule has 25 heavy (non-hydrogen) atoms. The maximum absolute atomic E-state index is 14.0. The molecule has 1 saturated heterocycles. The number of halogens is 1. The van der Waals surface area contributed by atoms with E-state index in [-0.39, 0.29) is 22.7 Å². The van der Waals surface area contributed by atoms with Gasteiger partial charge in [-0.3, -0.25) is 14.6 Å². The lowest BCUT2D eigenvalue weighted by molar-refractivity contribution is -0.127. The van der Waals surface area contributed by atoms with E-state index in [1.807, 2.05) is 26.8 Å². The Hall–Kier alpha value is -2.30. The van der Waals surface area contributed by atoms with Crippen molar-refractivity contribution in [2.75, 3.05) is 19.6 Å². The Labute approximate surface area is 147 Å². The molecule has 0 radical (unpaired) electrons. The van der Waals surface area contributed by atoms with Crippen molar-refractivity contribution in [2.45, 2.75) is 27.2 Å². The summed E-state index contributed by atoms with van der Waals surface area (Å²) in [7, 11) is 0. The van der Waals surface area contributed by atoms with Crippen LogP contribution in [0.25, 0.3) is 0 Å². The minimum atomic E-state index is -0.497. The topological polar surface area (TPSA) is 49.7 Å². The van der Waals surface area contributed by atoms with Crippen LogP contribution in [0.3, 0.4) is 0 Å². The predicted molar refractivity (Wildman–Crippen MR) is 95.4 cm³/mol. The summed E-state index contributed by atoms with van der Waals surface area (Å²) < 4.78 is 14.0. The van der Waals surface area contributed by atoms with Crippen molar-refractivity contribution in [2.24, 2.45) is 15.8 Å². The average molecular weight is 342 g/mol. The number of benzene rings is 1. The second kappa shape index (κ2) is 5.90. The third-order valence-corrected chi connectivity index (χ3v) is 5.11. The van der Waals surface area contributed by atoms with Gasteiger partial charge in [-0.1, -0.05) is 31.6 Å². The van der Waals surface area contributed by atoms with Crippen LogP contribution in [-0.4, -0.2) is 42.9 Å². The summed E-state index contributed by atoms with van der Waals surface area (Å²) in [5, 5.41) is 0. The van der Waals surface area contributed by atoms with E-state index in [0.717, 1.165) is 5.56 Å². The van der Waals surface area contributed by atoms with Crippen molar-refractivity contribution in [3.8, 4) is 0 Å². The standard InChI is InChI=1S/C20H23FN2O2/c1-13-5-6-16(21)15(7-13)18(25)23-11-20(12-23)8-14(9-22-4)17(24)19(2,3)10-20/h5-8H,4,9-12H2,1-3H3. The summed E-state index contributed by atoms with van der Waals surface area (Å²) >= 11 is 0. The first-order valence-electron chi connectivity index (χ1n) is 8.42. The first-order valence-corrected chi connectivity index (χ1v) is 8.42. The Balaban J connectivity index is 1.82. The molecule has 132 valence electrons. The molecule has 0 N–H and O–H groups in total. The largest absolute Gasteiger partial charge is 0.337 e. The highest BCUT2D eigenvalue weighted by molar-refractivity contribution is 6.01. The Kier molecular flexibility index (Phi) is 4.13. The van der Waals surface area contributed by atoms with Gasteiger partial charge in [0.15, 0.2) is 5.78 Å². The first kappa shape index (κ1) is 17.5. The monoisotopic (exact) mass is 342 g/mol. The van der Waals surface area contributed by atoms with Crippen LogP contribution in [0.1, 0.15) is 36.2 Å². The zero-order valence-corrected chi connectivity index (χ0v) is 14.9. The summed E-state index contributed by atoms with van der Waals surface area (Å²) in [5.41, 5.74) is 0.910. The van der Waals surface area contributed by atoms with Crippen LogP contribution in [-0.2, 0) is 4.79 Å². The Bertz CT molecular complexity index is 789. The van der Waals surface area contributed by atoms with E-state index in [2.05, 4.69) is 11.7 Å². The smallest absolute Gasteiger partial charge is 0.256 e. The molecule has 1 fully saturated rings. The van der Waals surface area contributed by atoms with Gasteiger partial charge in [-0.2, -0.15) is 0 Å². The van der Waals surface area contributed by atoms with Crippen LogP contribution < -0.4 is 0 Å². The third kappa shape index (κ3) is 3.03. The van der Waals surface area contributed by atoms with Crippen molar-refractivity contribution in [1.82, 2.24) is 4.90 Å². The molecule has 1 aliphatic carbocycles. The van der Waals surface area contributed by atoms with Gasteiger partial charge in [0.25, 0.3) is 5.91 Å². The summed E-state index contributed by atoms with van der Waals surface area (Å²) in [5.74, 6) is -0.693. The Morgan fingerprint density at radius 1 is 1.36 bits per heavy atom. The van der Waals surface area contributed by atoms with E-state index in [1.54, 1.807) is 17.0 Å². The SMILES string of the molecule is C=NCC1=CC2(CN(C(=O)c3cc(C)ccc3F)C2)CC(C)(C)C1=O. The fourth-order valence-corrected chi connectivity index (χ4v) is 4.15. The number of amides is 1. The molecule has 1 amide bonds. The molecule has 4 nitrogen and oxygen atoms in total. The van der Waals surface area contributed by atoms with Gasteiger partial charge in [-0.25, -0.2) is 4.39 Å². The number of aliphatic imine (C=N–C) groups is 1. The number of carbonyl (C=O) groups is 2. The third-order valence-electron chi connectivity index (χ3n) is 5.11. The number of aryl methyl sites for hydroxylation is 1. The van der Waals surface area contributed by atoms with Gasteiger partial charge in [-0.15, -0.1) is 0 Å². The molecule has 1 aliphatic heterocycles. The quantitative estimate of drug-likeness (QED) is 0.792. The van der Waals surface area contributed by atoms with E-state index in [9.17, 15) is 14.0 Å². The van der Waals surface area contributed by atoms with Gasteiger partial charge in [0.1, 0.15) is 5.82 Å².